The molecule has 0 aliphatic heterocycles. The lowest BCUT2D eigenvalue weighted by molar-refractivity contribution is -0.138. The van der Waals surface area contributed by atoms with Crippen LogP contribution >= 0.6 is 0 Å². The molecule has 0 radical (unpaired) electrons. The van der Waals surface area contributed by atoms with Gasteiger partial charge in [-0.15, -0.1) is 0 Å². The highest BCUT2D eigenvalue weighted by atomic mass is 16.4. The molecule has 0 aliphatic carbocycles. The second-order valence-corrected chi connectivity index (χ2v) is 6.54. The van der Waals surface area contributed by atoms with Gasteiger partial charge in [-0.3, -0.25) is 9.59 Å². The molecule has 0 aromatic carbocycles. The molecule has 0 rings (SSSR count). The van der Waals surface area contributed by atoms with Crippen molar-refractivity contribution >= 4 is 11.8 Å². The summed E-state index contributed by atoms with van der Waals surface area (Å²) in [7, 11) is 0. The molecule has 0 fully saturated rings. The van der Waals surface area contributed by atoms with Gasteiger partial charge in [0.25, 0.3) is 0 Å². The van der Waals surface area contributed by atoms with Crippen LogP contribution in [0.4, 0.5) is 0 Å². The molecule has 23 heavy (non-hydrogen) atoms. The van der Waals surface area contributed by atoms with Crippen LogP contribution in [0.5, 0.6) is 0 Å². The normalized spacial score (nSPS) is 12.0. The highest BCUT2D eigenvalue weighted by Crippen LogP contribution is 2.11. The number of carbonyl (C=O) groups is 2. The summed E-state index contributed by atoms with van der Waals surface area (Å²) in [6, 6.07) is 0. The van der Waals surface area contributed by atoms with E-state index in [2.05, 4.69) is 26.5 Å². The Labute approximate surface area is 142 Å². The summed E-state index contributed by atoms with van der Waals surface area (Å²) >= 11 is 0. The van der Waals surface area contributed by atoms with E-state index in [0.717, 1.165) is 18.4 Å². The molecule has 0 aliphatic rings. The molecule has 1 N–H and O–H groups in total. The summed E-state index contributed by atoms with van der Waals surface area (Å²) in [5.74, 6) is 0.0212. The molecule has 0 amide bonds. The van der Waals surface area contributed by atoms with Crippen molar-refractivity contribution in [1.29, 1.82) is 0 Å². The van der Waals surface area contributed by atoms with Crippen molar-refractivity contribution in [3.8, 4) is 0 Å². The van der Waals surface area contributed by atoms with Crippen LogP contribution in [0, 0.1) is 11.8 Å². The molecular formula is C20H34O3. The van der Waals surface area contributed by atoms with Gasteiger partial charge in [0.05, 0.1) is 0 Å². The predicted molar refractivity (Wildman–Crippen MR) is 98.5 cm³/mol. The molecule has 1 unspecified atom stereocenters. The molecule has 3 heteroatoms. The number of rotatable bonds is 9. The fraction of sp³-hybridized carbons (Fsp3) is 0.600. The number of hydrogen-bond acceptors (Lipinski definition) is 2. The minimum absolute atomic E-state index is 0.142. The zero-order chi connectivity index (χ0) is 18.4. The summed E-state index contributed by atoms with van der Waals surface area (Å²) in [5, 5.41) is 8.48. The van der Waals surface area contributed by atoms with Crippen LogP contribution in [-0.4, -0.2) is 16.9 Å². The third kappa shape index (κ3) is 18.3. The Balaban J connectivity index is 0. The van der Waals surface area contributed by atoms with Crippen LogP contribution in [0.25, 0.3) is 0 Å². The van der Waals surface area contributed by atoms with Gasteiger partial charge in [0.2, 0.25) is 0 Å². The fourth-order valence-corrected chi connectivity index (χ4v) is 1.64. The van der Waals surface area contributed by atoms with Gasteiger partial charge in [-0.1, -0.05) is 56.7 Å². The van der Waals surface area contributed by atoms with E-state index in [0.29, 0.717) is 6.42 Å². The SMILES string of the molecule is C=CC(C)=CCC(=O)C(C)C.CC(C)=CCCC(C)CC(=O)O. The summed E-state index contributed by atoms with van der Waals surface area (Å²) in [5.41, 5.74) is 2.37. The van der Waals surface area contributed by atoms with Crippen LogP contribution in [0.1, 0.15) is 67.2 Å². The number of carboxylic acids is 1. The molecule has 0 aromatic heterocycles. The first-order chi connectivity index (χ1) is 10.6. The van der Waals surface area contributed by atoms with E-state index in [-0.39, 0.29) is 24.0 Å². The van der Waals surface area contributed by atoms with Crippen LogP contribution in [-0.2, 0) is 9.59 Å². The lowest BCUT2D eigenvalue weighted by Gasteiger charge is -2.05. The van der Waals surface area contributed by atoms with Crippen LogP contribution in [0.15, 0.2) is 36.0 Å². The molecule has 132 valence electrons. The monoisotopic (exact) mass is 322 g/mol. The Morgan fingerprint density at radius 2 is 1.65 bits per heavy atom. The number of carboxylic acid groups (broad SMARTS) is 1. The number of hydrogen-bond donors (Lipinski definition) is 1. The van der Waals surface area contributed by atoms with Gasteiger partial charge in [-0.2, -0.15) is 0 Å². The van der Waals surface area contributed by atoms with E-state index in [4.69, 9.17) is 5.11 Å². The van der Waals surface area contributed by atoms with Crippen molar-refractivity contribution in [3.63, 3.8) is 0 Å². The van der Waals surface area contributed by atoms with Crippen LogP contribution < -0.4 is 0 Å². The highest BCUT2D eigenvalue weighted by molar-refractivity contribution is 5.81. The van der Waals surface area contributed by atoms with Gasteiger partial charge < -0.3 is 5.11 Å². The highest BCUT2D eigenvalue weighted by Gasteiger charge is 2.05. The Kier molecular flexibility index (Phi) is 14.4. The fourth-order valence-electron chi connectivity index (χ4n) is 1.64. The van der Waals surface area contributed by atoms with Gasteiger partial charge >= 0.3 is 5.97 Å². The summed E-state index contributed by atoms with van der Waals surface area (Å²) < 4.78 is 0. The van der Waals surface area contributed by atoms with Gasteiger partial charge in [0, 0.05) is 18.8 Å². The Morgan fingerprint density at radius 3 is 2.04 bits per heavy atom. The van der Waals surface area contributed by atoms with Gasteiger partial charge in [0.15, 0.2) is 0 Å². The minimum Gasteiger partial charge on any atom is -0.481 e. The maximum atomic E-state index is 11.1. The topological polar surface area (TPSA) is 54.4 Å². The van der Waals surface area contributed by atoms with Crippen molar-refractivity contribution in [2.24, 2.45) is 11.8 Å². The van der Waals surface area contributed by atoms with Crippen molar-refractivity contribution in [3.05, 3.63) is 36.0 Å². The lowest BCUT2D eigenvalue weighted by Crippen LogP contribution is -2.04. The molecular weight excluding hydrogens is 288 g/mol. The van der Waals surface area contributed by atoms with E-state index < -0.39 is 5.97 Å². The summed E-state index contributed by atoms with van der Waals surface area (Å²) in [4.78, 5) is 21.4. The number of aliphatic carboxylic acids is 1. The molecule has 0 saturated heterocycles. The first kappa shape index (κ1) is 23.6. The first-order valence-electron chi connectivity index (χ1n) is 8.27. The second-order valence-electron chi connectivity index (χ2n) is 6.54. The second kappa shape index (κ2) is 14.0. The minimum atomic E-state index is -0.695. The van der Waals surface area contributed by atoms with E-state index >= 15 is 0 Å². The maximum Gasteiger partial charge on any atom is 0.303 e. The summed E-state index contributed by atoms with van der Waals surface area (Å²) in [6.07, 6.45) is 8.61. The average Bonchev–Trinajstić information content (AvgIpc) is 2.43. The molecule has 0 saturated carbocycles. The average molecular weight is 322 g/mol. The van der Waals surface area contributed by atoms with Gasteiger partial charge in [0.1, 0.15) is 5.78 Å². The molecule has 3 nitrogen and oxygen atoms in total. The molecule has 0 heterocycles. The van der Waals surface area contributed by atoms with E-state index in [9.17, 15) is 9.59 Å². The maximum absolute atomic E-state index is 11.1. The smallest absolute Gasteiger partial charge is 0.303 e. The molecule has 0 bridgehead atoms. The largest absolute Gasteiger partial charge is 0.481 e. The molecule has 1 atom stereocenters. The molecule has 0 aromatic rings. The first-order valence-corrected chi connectivity index (χ1v) is 8.27. The zero-order valence-corrected chi connectivity index (χ0v) is 15.7. The Bertz CT molecular complexity index is 424. The third-order valence-electron chi connectivity index (χ3n) is 3.33. The van der Waals surface area contributed by atoms with Crippen molar-refractivity contribution in [2.45, 2.75) is 67.2 Å². The number of allylic oxidation sites excluding steroid dienone is 5. The van der Waals surface area contributed by atoms with E-state index in [1.165, 1.54) is 5.57 Å². The van der Waals surface area contributed by atoms with Gasteiger partial charge in [-0.25, -0.2) is 0 Å². The van der Waals surface area contributed by atoms with Crippen molar-refractivity contribution in [2.75, 3.05) is 0 Å². The Morgan fingerprint density at radius 1 is 1.09 bits per heavy atom. The lowest BCUT2D eigenvalue weighted by atomic mass is 10.0. The van der Waals surface area contributed by atoms with E-state index in [1.807, 2.05) is 33.8 Å². The van der Waals surface area contributed by atoms with Crippen LogP contribution in [0.3, 0.4) is 0 Å². The van der Waals surface area contributed by atoms with Crippen molar-refractivity contribution < 1.29 is 14.7 Å². The standard InChI is InChI=1S/C10H18O2.C10H16O/c1-8(2)5-4-6-9(3)7-10(11)12;1-5-9(4)6-7-10(11)8(2)3/h5,9H,4,6-7H2,1-3H3,(H,11,12);5-6,8H,1,7H2,2-4H3. The molecule has 0 spiro atoms. The third-order valence-corrected chi connectivity index (χ3v) is 3.33. The van der Waals surface area contributed by atoms with Crippen molar-refractivity contribution in [1.82, 2.24) is 0 Å². The quantitative estimate of drug-likeness (QED) is 0.445. The zero-order valence-electron chi connectivity index (χ0n) is 15.7. The number of carbonyl (C=O) groups excluding carboxylic acids is 1. The number of Topliss-reactive ketones (excluding diaryl/α,β-unsaturated/α-hetero) is 1. The van der Waals surface area contributed by atoms with E-state index in [1.54, 1.807) is 6.08 Å². The predicted octanol–water partition coefficient (Wildman–Crippen LogP) is 5.58. The summed E-state index contributed by atoms with van der Waals surface area (Å²) in [6.45, 7) is 15.5. The van der Waals surface area contributed by atoms with Gasteiger partial charge in [-0.05, 0) is 39.5 Å². The van der Waals surface area contributed by atoms with Crippen LogP contribution in [0.2, 0.25) is 0 Å². The Hall–Kier alpha value is -1.64. The number of ketones is 1.